The van der Waals surface area contributed by atoms with Crippen LogP contribution in [-0.4, -0.2) is 28.6 Å². The van der Waals surface area contributed by atoms with E-state index < -0.39 is 5.79 Å². The van der Waals surface area contributed by atoms with Crippen molar-refractivity contribution in [3.05, 3.63) is 11.6 Å². The van der Waals surface area contributed by atoms with E-state index in [0.717, 1.165) is 57.8 Å². The highest BCUT2D eigenvalue weighted by molar-refractivity contribution is 5.69. The Morgan fingerprint density at radius 3 is 2.36 bits per heavy atom. The first-order valence-electron chi connectivity index (χ1n) is 14.0. The maximum absolute atomic E-state index is 11.4. The lowest BCUT2D eigenvalue weighted by molar-refractivity contribution is -0.229. The monoisotopic (exact) mass is 466 g/mol. The molecule has 2 atom stereocenters. The molecule has 0 amide bonds. The summed E-state index contributed by atoms with van der Waals surface area (Å²) >= 11 is 0. The second-order valence-electron chi connectivity index (χ2n) is 11.0. The second-order valence-corrected chi connectivity index (χ2v) is 11.0. The lowest BCUT2D eigenvalue weighted by atomic mass is 9.68. The molecule has 0 aliphatic heterocycles. The van der Waals surface area contributed by atoms with Crippen molar-refractivity contribution in [3.8, 4) is 0 Å². The third kappa shape index (κ3) is 11.4. The minimum Gasteiger partial charge on any atom is -0.466 e. The maximum atomic E-state index is 11.4. The van der Waals surface area contributed by atoms with Crippen molar-refractivity contribution in [1.82, 2.24) is 0 Å². The Labute approximate surface area is 204 Å². The molecule has 0 bridgehead atoms. The molecule has 1 aliphatic rings. The van der Waals surface area contributed by atoms with Crippen LogP contribution in [0.25, 0.3) is 0 Å². The highest BCUT2D eigenvalue weighted by Gasteiger charge is 2.43. The summed E-state index contributed by atoms with van der Waals surface area (Å²) in [5.74, 6) is -1.16. The van der Waals surface area contributed by atoms with Crippen LogP contribution in [0, 0.1) is 17.3 Å². The van der Waals surface area contributed by atoms with E-state index in [1.807, 2.05) is 6.92 Å². The third-order valence-corrected chi connectivity index (χ3v) is 7.72. The predicted octanol–water partition coefficient (Wildman–Crippen LogP) is 7.71. The first-order chi connectivity index (χ1) is 15.7. The molecular formula is C29H54O4. The molecule has 0 aromatic rings. The van der Waals surface area contributed by atoms with Crippen LogP contribution in [0.4, 0.5) is 0 Å². The van der Waals surface area contributed by atoms with Gasteiger partial charge in [-0.25, -0.2) is 0 Å². The Morgan fingerprint density at radius 1 is 1.03 bits per heavy atom. The van der Waals surface area contributed by atoms with E-state index in [1.165, 1.54) is 32.1 Å². The van der Waals surface area contributed by atoms with Crippen molar-refractivity contribution < 1.29 is 19.7 Å². The van der Waals surface area contributed by atoms with Crippen LogP contribution in [0.15, 0.2) is 11.6 Å². The quantitative estimate of drug-likeness (QED) is 0.0939. The van der Waals surface area contributed by atoms with Gasteiger partial charge in [-0.1, -0.05) is 77.9 Å². The largest absolute Gasteiger partial charge is 0.466 e. The number of ether oxygens (including phenoxy) is 1. The van der Waals surface area contributed by atoms with E-state index in [-0.39, 0.29) is 17.3 Å². The lowest BCUT2D eigenvalue weighted by Gasteiger charge is -2.42. The van der Waals surface area contributed by atoms with E-state index in [4.69, 9.17) is 4.74 Å². The average molecular weight is 467 g/mol. The molecule has 1 fully saturated rings. The Hall–Kier alpha value is -0.870. The number of unbranched alkanes of at least 4 members (excludes halogenated alkanes) is 5. The molecular weight excluding hydrogens is 412 g/mol. The van der Waals surface area contributed by atoms with Gasteiger partial charge in [0.05, 0.1) is 6.61 Å². The molecule has 2 N–H and O–H groups in total. The highest BCUT2D eigenvalue weighted by Crippen LogP contribution is 2.44. The fourth-order valence-corrected chi connectivity index (χ4v) is 5.61. The standard InChI is InChI=1S/C29H54O4/c1-6-9-22-28(4,5)26(29(31,32)23-10-7-2)21-20-25-18-15-17-24(25)16-13-11-12-14-19-27(30)33-8-3/h20,24,26,31-32H,6-19,21-23H2,1-5H3/t24-,26?/m0/s1. The smallest absolute Gasteiger partial charge is 0.305 e. The molecule has 0 radical (unpaired) electrons. The minimum atomic E-state index is -1.60. The van der Waals surface area contributed by atoms with Crippen LogP contribution in [0.5, 0.6) is 0 Å². The number of esters is 1. The minimum absolute atomic E-state index is 0.0716. The van der Waals surface area contributed by atoms with Crippen molar-refractivity contribution in [3.63, 3.8) is 0 Å². The van der Waals surface area contributed by atoms with Gasteiger partial charge in [0.2, 0.25) is 0 Å². The molecule has 1 saturated carbocycles. The van der Waals surface area contributed by atoms with Gasteiger partial charge in [0.1, 0.15) is 0 Å². The van der Waals surface area contributed by atoms with Gasteiger partial charge in [0, 0.05) is 18.8 Å². The molecule has 1 rings (SSSR count). The molecule has 0 aromatic carbocycles. The Kier molecular flexibility index (Phi) is 14.6. The van der Waals surface area contributed by atoms with Crippen molar-refractivity contribution in [1.29, 1.82) is 0 Å². The van der Waals surface area contributed by atoms with E-state index in [0.29, 0.717) is 25.4 Å². The zero-order valence-electron chi connectivity index (χ0n) is 22.5. The van der Waals surface area contributed by atoms with Crippen molar-refractivity contribution >= 4 is 5.97 Å². The van der Waals surface area contributed by atoms with Crippen LogP contribution in [0.2, 0.25) is 0 Å². The summed E-state index contributed by atoms with van der Waals surface area (Å²) in [5, 5.41) is 22.1. The van der Waals surface area contributed by atoms with Crippen molar-refractivity contribution in [2.75, 3.05) is 6.61 Å². The molecule has 0 heterocycles. The molecule has 1 unspecified atom stereocenters. The fraction of sp³-hybridized carbons (Fsp3) is 0.897. The summed E-state index contributed by atoms with van der Waals surface area (Å²) < 4.78 is 5.00. The van der Waals surface area contributed by atoms with Crippen molar-refractivity contribution in [2.24, 2.45) is 17.3 Å². The Bertz CT molecular complexity index is 544. The number of hydrogen-bond acceptors (Lipinski definition) is 4. The molecule has 4 nitrogen and oxygen atoms in total. The van der Waals surface area contributed by atoms with Crippen molar-refractivity contribution in [2.45, 2.75) is 143 Å². The zero-order chi connectivity index (χ0) is 24.7. The zero-order valence-corrected chi connectivity index (χ0v) is 22.5. The first-order valence-corrected chi connectivity index (χ1v) is 14.0. The Balaban J connectivity index is 2.65. The molecule has 0 aromatic heterocycles. The van der Waals surface area contributed by atoms with Gasteiger partial charge in [-0.15, -0.1) is 0 Å². The molecule has 4 heteroatoms. The predicted molar refractivity (Wildman–Crippen MR) is 138 cm³/mol. The fourth-order valence-electron chi connectivity index (χ4n) is 5.61. The number of carbonyl (C=O) groups excluding carboxylic acids is 1. The van der Waals surface area contributed by atoms with Gasteiger partial charge in [0.25, 0.3) is 0 Å². The van der Waals surface area contributed by atoms with Gasteiger partial charge < -0.3 is 14.9 Å². The van der Waals surface area contributed by atoms with Crippen LogP contribution in [0.3, 0.4) is 0 Å². The van der Waals surface area contributed by atoms with Gasteiger partial charge >= 0.3 is 5.97 Å². The number of hydrogen-bond donors (Lipinski definition) is 2. The molecule has 1 aliphatic carbocycles. The number of rotatable bonds is 18. The maximum Gasteiger partial charge on any atom is 0.305 e. The highest BCUT2D eigenvalue weighted by atomic mass is 16.5. The van der Waals surface area contributed by atoms with Crippen LogP contribution < -0.4 is 0 Å². The van der Waals surface area contributed by atoms with Gasteiger partial charge in [-0.2, -0.15) is 0 Å². The van der Waals surface area contributed by atoms with Gasteiger partial charge in [-0.05, 0) is 69.6 Å². The van der Waals surface area contributed by atoms with E-state index in [9.17, 15) is 15.0 Å². The SMILES string of the molecule is CCCCC(C)(C)C(CC=C1CCC[C@@H]1CCCCCCC(=O)OCC)C(O)(O)CCCC. The summed E-state index contributed by atoms with van der Waals surface area (Å²) in [6.45, 7) is 11.1. The normalized spacial score (nSPS) is 19.2. The summed E-state index contributed by atoms with van der Waals surface area (Å²) in [6.07, 6.45) is 18.5. The molecule has 194 valence electrons. The molecule has 0 saturated heterocycles. The summed E-state index contributed by atoms with van der Waals surface area (Å²) in [7, 11) is 0. The number of carbonyl (C=O) groups is 1. The first kappa shape index (κ1) is 30.2. The summed E-state index contributed by atoms with van der Waals surface area (Å²) in [6, 6.07) is 0. The summed E-state index contributed by atoms with van der Waals surface area (Å²) in [4.78, 5) is 11.4. The second kappa shape index (κ2) is 15.9. The summed E-state index contributed by atoms with van der Waals surface area (Å²) in [5.41, 5.74) is 1.45. The number of aliphatic hydroxyl groups is 2. The van der Waals surface area contributed by atoms with Gasteiger partial charge in [-0.3, -0.25) is 4.79 Å². The van der Waals surface area contributed by atoms with Crippen LogP contribution >= 0.6 is 0 Å². The molecule has 0 spiro atoms. The van der Waals surface area contributed by atoms with E-state index in [1.54, 1.807) is 5.57 Å². The van der Waals surface area contributed by atoms with E-state index in [2.05, 4.69) is 33.8 Å². The third-order valence-electron chi connectivity index (χ3n) is 7.72. The number of allylic oxidation sites excluding steroid dienone is 2. The lowest BCUT2D eigenvalue weighted by Crippen LogP contribution is -2.45. The van der Waals surface area contributed by atoms with E-state index >= 15 is 0 Å². The van der Waals surface area contributed by atoms with Crippen LogP contribution in [-0.2, 0) is 9.53 Å². The Morgan fingerprint density at radius 2 is 1.70 bits per heavy atom. The van der Waals surface area contributed by atoms with Crippen LogP contribution in [0.1, 0.15) is 137 Å². The topological polar surface area (TPSA) is 66.8 Å². The molecule has 33 heavy (non-hydrogen) atoms. The van der Waals surface area contributed by atoms with Gasteiger partial charge in [0.15, 0.2) is 5.79 Å². The average Bonchev–Trinajstić information content (AvgIpc) is 3.20.